The number of benzene rings is 1. The van der Waals surface area contributed by atoms with Gasteiger partial charge in [-0.3, -0.25) is 4.98 Å². The van der Waals surface area contributed by atoms with E-state index in [1.54, 1.807) is 0 Å². The number of H-pyrrole nitrogens is 1. The number of nitrogens with zero attached hydrogens (tertiary/aromatic N) is 3. The minimum atomic E-state index is 0.656. The second kappa shape index (κ2) is 7.56. The number of aryl methyl sites for hydroxylation is 1. The molecular formula is C20H20N4. The van der Waals surface area contributed by atoms with E-state index in [9.17, 15) is 0 Å². The van der Waals surface area contributed by atoms with Crippen LogP contribution in [0.2, 0.25) is 0 Å². The number of imidazole rings is 1. The lowest BCUT2D eigenvalue weighted by molar-refractivity contribution is 0.708. The van der Waals surface area contributed by atoms with E-state index in [0.717, 1.165) is 41.2 Å². The first-order chi connectivity index (χ1) is 11.8. The van der Waals surface area contributed by atoms with E-state index in [1.807, 2.05) is 42.7 Å². The quantitative estimate of drug-likeness (QED) is 0.668. The molecule has 2 aromatic heterocycles. The summed E-state index contributed by atoms with van der Waals surface area (Å²) in [6.07, 6.45) is 8.20. The van der Waals surface area contributed by atoms with Gasteiger partial charge in [0.25, 0.3) is 0 Å². The number of nitriles is 1. The SMILES string of the molecule is CCCCCc1ncccc1-c1ncc(-c2ccc(C#N)cc2)[nH]1. The van der Waals surface area contributed by atoms with Crippen molar-refractivity contribution in [3.05, 3.63) is 60.0 Å². The molecule has 4 nitrogen and oxygen atoms in total. The van der Waals surface area contributed by atoms with Gasteiger partial charge in [-0.05, 0) is 42.7 Å². The Morgan fingerprint density at radius 2 is 1.92 bits per heavy atom. The van der Waals surface area contributed by atoms with Crippen LogP contribution in [0.1, 0.15) is 37.4 Å². The smallest absolute Gasteiger partial charge is 0.139 e. The highest BCUT2D eigenvalue weighted by Gasteiger charge is 2.10. The molecule has 3 rings (SSSR count). The van der Waals surface area contributed by atoms with Gasteiger partial charge in [0.1, 0.15) is 5.82 Å². The van der Waals surface area contributed by atoms with Crippen LogP contribution in [0.4, 0.5) is 0 Å². The third kappa shape index (κ3) is 3.52. The molecule has 3 aromatic rings. The Bertz CT molecular complexity index is 841. The highest BCUT2D eigenvalue weighted by atomic mass is 14.9. The lowest BCUT2D eigenvalue weighted by atomic mass is 10.1. The average molecular weight is 316 g/mol. The molecule has 1 N–H and O–H groups in total. The van der Waals surface area contributed by atoms with E-state index in [0.29, 0.717) is 5.56 Å². The Kier molecular flexibility index (Phi) is 5.02. The van der Waals surface area contributed by atoms with Gasteiger partial charge in [0, 0.05) is 11.8 Å². The first-order valence-corrected chi connectivity index (χ1v) is 8.31. The standard InChI is InChI=1S/C20H20N4/c1-2-3-4-7-18-17(6-5-12-22-18)20-23-14-19(24-20)16-10-8-15(13-21)9-11-16/h5-6,8-12,14H,2-4,7H2,1H3,(H,23,24). The van der Waals surface area contributed by atoms with Gasteiger partial charge >= 0.3 is 0 Å². The molecular weight excluding hydrogens is 296 g/mol. The van der Waals surface area contributed by atoms with E-state index in [4.69, 9.17) is 5.26 Å². The summed E-state index contributed by atoms with van der Waals surface area (Å²) in [6.45, 7) is 2.20. The maximum absolute atomic E-state index is 8.89. The van der Waals surface area contributed by atoms with E-state index in [2.05, 4.69) is 34.0 Å². The lowest BCUT2D eigenvalue weighted by Gasteiger charge is -2.06. The summed E-state index contributed by atoms with van der Waals surface area (Å²) < 4.78 is 0. The molecule has 0 amide bonds. The number of pyridine rings is 1. The predicted octanol–water partition coefficient (Wildman–Crippen LogP) is 4.74. The molecule has 0 saturated carbocycles. The van der Waals surface area contributed by atoms with Crippen molar-refractivity contribution in [2.75, 3.05) is 0 Å². The average Bonchev–Trinajstić information content (AvgIpc) is 3.12. The van der Waals surface area contributed by atoms with Gasteiger partial charge in [-0.15, -0.1) is 0 Å². The summed E-state index contributed by atoms with van der Waals surface area (Å²) in [5, 5.41) is 8.89. The number of unbranched alkanes of at least 4 members (excludes halogenated alkanes) is 2. The van der Waals surface area contributed by atoms with Gasteiger partial charge < -0.3 is 4.98 Å². The van der Waals surface area contributed by atoms with Crippen LogP contribution in [0.25, 0.3) is 22.6 Å². The molecule has 24 heavy (non-hydrogen) atoms. The third-order valence-corrected chi connectivity index (χ3v) is 4.06. The molecule has 0 aliphatic heterocycles. The summed E-state index contributed by atoms with van der Waals surface area (Å²) in [7, 11) is 0. The van der Waals surface area contributed by atoms with Crippen molar-refractivity contribution < 1.29 is 0 Å². The van der Waals surface area contributed by atoms with Crippen molar-refractivity contribution in [3.8, 4) is 28.7 Å². The zero-order valence-corrected chi connectivity index (χ0v) is 13.8. The van der Waals surface area contributed by atoms with E-state index >= 15 is 0 Å². The van der Waals surface area contributed by atoms with Crippen LogP contribution in [-0.4, -0.2) is 15.0 Å². The molecule has 0 saturated heterocycles. The minimum absolute atomic E-state index is 0.656. The summed E-state index contributed by atoms with van der Waals surface area (Å²) in [4.78, 5) is 12.4. The maximum atomic E-state index is 8.89. The second-order valence-electron chi connectivity index (χ2n) is 5.79. The molecule has 0 aliphatic rings. The molecule has 1 aromatic carbocycles. The predicted molar refractivity (Wildman–Crippen MR) is 95.2 cm³/mol. The number of aromatic amines is 1. The van der Waals surface area contributed by atoms with Crippen molar-refractivity contribution >= 4 is 0 Å². The van der Waals surface area contributed by atoms with Crippen LogP contribution < -0.4 is 0 Å². The van der Waals surface area contributed by atoms with Gasteiger partial charge in [0.05, 0.1) is 29.2 Å². The first kappa shape index (κ1) is 15.9. The molecule has 0 fully saturated rings. The molecule has 0 radical (unpaired) electrons. The topological polar surface area (TPSA) is 65.4 Å². The molecule has 0 aliphatic carbocycles. The van der Waals surface area contributed by atoms with E-state index in [1.165, 1.54) is 12.8 Å². The number of hydrogen-bond donors (Lipinski definition) is 1. The molecule has 2 heterocycles. The Hall–Kier alpha value is -2.93. The second-order valence-corrected chi connectivity index (χ2v) is 5.79. The summed E-state index contributed by atoms with van der Waals surface area (Å²) in [5.41, 5.74) is 4.77. The Morgan fingerprint density at radius 1 is 1.08 bits per heavy atom. The number of hydrogen-bond acceptors (Lipinski definition) is 3. The van der Waals surface area contributed by atoms with Crippen molar-refractivity contribution in [1.82, 2.24) is 15.0 Å². The molecule has 4 heteroatoms. The van der Waals surface area contributed by atoms with Crippen LogP contribution in [0.15, 0.2) is 48.8 Å². The van der Waals surface area contributed by atoms with Crippen LogP contribution >= 0.6 is 0 Å². The van der Waals surface area contributed by atoms with Gasteiger partial charge in [-0.2, -0.15) is 5.26 Å². The zero-order chi connectivity index (χ0) is 16.8. The molecule has 0 bridgehead atoms. The molecule has 120 valence electrons. The largest absolute Gasteiger partial charge is 0.338 e. The summed E-state index contributed by atoms with van der Waals surface area (Å²) in [6, 6.07) is 13.6. The fourth-order valence-electron chi connectivity index (χ4n) is 2.72. The van der Waals surface area contributed by atoms with Gasteiger partial charge in [-0.1, -0.05) is 31.9 Å². The van der Waals surface area contributed by atoms with Crippen molar-refractivity contribution in [3.63, 3.8) is 0 Å². The van der Waals surface area contributed by atoms with E-state index in [-0.39, 0.29) is 0 Å². The summed E-state index contributed by atoms with van der Waals surface area (Å²) >= 11 is 0. The molecule has 0 spiro atoms. The third-order valence-electron chi connectivity index (χ3n) is 4.06. The minimum Gasteiger partial charge on any atom is -0.338 e. The summed E-state index contributed by atoms with van der Waals surface area (Å²) in [5.74, 6) is 0.842. The van der Waals surface area contributed by atoms with Crippen molar-refractivity contribution in [2.45, 2.75) is 32.6 Å². The van der Waals surface area contributed by atoms with E-state index < -0.39 is 0 Å². The number of nitrogens with one attached hydrogen (secondary N) is 1. The highest BCUT2D eigenvalue weighted by molar-refractivity contribution is 5.66. The van der Waals surface area contributed by atoms with Crippen LogP contribution in [-0.2, 0) is 6.42 Å². The van der Waals surface area contributed by atoms with Gasteiger partial charge in [0.2, 0.25) is 0 Å². The Labute approximate surface area is 142 Å². The van der Waals surface area contributed by atoms with Crippen LogP contribution in [0.5, 0.6) is 0 Å². The lowest BCUT2D eigenvalue weighted by Crippen LogP contribution is -1.95. The Morgan fingerprint density at radius 3 is 2.67 bits per heavy atom. The fourth-order valence-corrected chi connectivity index (χ4v) is 2.72. The van der Waals surface area contributed by atoms with Crippen molar-refractivity contribution in [2.24, 2.45) is 0 Å². The highest BCUT2D eigenvalue weighted by Crippen LogP contribution is 2.25. The first-order valence-electron chi connectivity index (χ1n) is 8.31. The van der Waals surface area contributed by atoms with Crippen LogP contribution in [0.3, 0.4) is 0 Å². The number of rotatable bonds is 6. The Balaban J connectivity index is 1.86. The van der Waals surface area contributed by atoms with Crippen LogP contribution in [0, 0.1) is 11.3 Å². The monoisotopic (exact) mass is 316 g/mol. The van der Waals surface area contributed by atoms with Gasteiger partial charge in [0.15, 0.2) is 0 Å². The maximum Gasteiger partial charge on any atom is 0.139 e. The zero-order valence-electron chi connectivity index (χ0n) is 13.8. The normalized spacial score (nSPS) is 10.5. The molecule has 0 unspecified atom stereocenters. The fraction of sp³-hybridized carbons (Fsp3) is 0.250. The van der Waals surface area contributed by atoms with Crippen molar-refractivity contribution in [1.29, 1.82) is 5.26 Å². The van der Waals surface area contributed by atoms with Gasteiger partial charge in [-0.25, -0.2) is 4.98 Å². The molecule has 0 atom stereocenters. The number of aromatic nitrogens is 3.